The number of fused-ring (bicyclic) bond motifs is 2. The second kappa shape index (κ2) is 7.13. The van der Waals surface area contributed by atoms with E-state index >= 15 is 0 Å². The van der Waals surface area contributed by atoms with Crippen LogP contribution in [0.3, 0.4) is 0 Å². The van der Waals surface area contributed by atoms with Gasteiger partial charge in [0.2, 0.25) is 12.7 Å². The molecule has 1 aliphatic rings. The number of ether oxygens (including phenoxy) is 2. The molecule has 0 bridgehead atoms. The van der Waals surface area contributed by atoms with Gasteiger partial charge in [-0.2, -0.15) is 0 Å². The Kier molecular flexibility index (Phi) is 4.70. The number of rotatable bonds is 5. The van der Waals surface area contributed by atoms with Gasteiger partial charge in [0.05, 0.1) is 10.2 Å². The van der Waals surface area contributed by atoms with Crippen molar-refractivity contribution in [3.63, 3.8) is 0 Å². The van der Waals surface area contributed by atoms with Crippen LogP contribution in [-0.2, 0) is 11.2 Å². The Morgan fingerprint density at radius 1 is 1.23 bits per heavy atom. The first kappa shape index (κ1) is 17.1. The topological polar surface area (TPSA) is 51.7 Å². The van der Waals surface area contributed by atoms with Crippen LogP contribution in [0.5, 0.6) is 11.5 Å². The van der Waals surface area contributed by atoms with Crippen LogP contribution < -0.4 is 14.4 Å². The first-order valence-electron chi connectivity index (χ1n) is 8.39. The fourth-order valence-corrected chi connectivity index (χ4v) is 4.10. The summed E-state index contributed by atoms with van der Waals surface area (Å²) >= 11 is 7.53. The Bertz CT molecular complexity index is 973. The number of anilines is 1. The molecule has 5 nitrogen and oxygen atoms in total. The van der Waals surface area contributed by atoms with E-state index in [2.05, 4.69) is 4.98 Å². The lowest BCUT2D eigenvalue weighted by Crippen LogP contribution is -2.30. The highest BCUT2D eigenvalue weighted by molar-refractivity contribution is 7.22. The lowest BCUT2D eigenvalue weighted by Gasteiger charge is -2.17. The number of hydrogen-bond donors (Lipinski definition) is 0. The zero-order chi connectivity index (χ0) is 18.1. The third kappa shape index (κ3) is 3.34. The van der Waals surface area contributed by atoms with Gasteiger partial charge in [-0.25, -0.2) is 4.98 Å². The average Bonchev–Trinajstić information content (AvgIpc) is 3.26. The third-order valence-corrected chi connectivity index (χ3v) is 5.55. The Morgan fingerprint density at radius 2 is 2.08 bits per heavy atom. The van der Waals surface area contributed by atoms with Gasteiger partial charge in [-0.15, -0.1) is 0 Å². The molecule has 2 aromatic carbocycles. The van der Waals surface area contributed by atoms with Crippen molar-refractivity contribution in [2.75, 3.05) is 18.2 Å². The first-order valence-corrected chi connectivity index (χ1v) is 9.58. The lowest BCUT2D eigenvalue weighted by molar-refractivity contribution is -0.118. The van der Waals surface area contributed by atoms with Gasteiger partial charge in [0.25, 0.3) is 0 Å². The van der Waals surface area contributed by atoms with Crippen molar-refractivity contribution in [1.82, 2.24) is 4.98 Å². The van der Waals surface area contributed by atoms with Crippen molar-refractivity contribution in [2.45, 2.75) is 19.8 Å². The van der Waals surface area contributed by atoms with Gasteiger partial charge in [0, 0.05) is 18.0 Å². The van der Waals surface area contributed by atoms with Crippen LogP contribution in [0, 0.1) is 0 Å². The number of hydrogen-bond acceptors (Lipinski definition) is 5. The van der Waals surface area contributed by atoms with Crippen LogP contribution in [0.4, 0.5) is 5.13 Å². The molecule has 0 N–H and O–H groups in total. The average molecular weight is 389 g/mol. The second-order valence-electron chi connectivity index (χ2n) is 5.93. The molecular formula is C19H17ClN2O3S. The molecule has 7 heteroatoms. The number of aryl methyl sites for hydroxylation is 1. The molecule has 0 unspecified atom stereocenters. The van der Waals surface area contributed by atoms with Gasteiger partial charge < -0.3 is 9.47 Å². The Balaban J connectivity index is 1.48. The SMILES string of the molecule is CCN(C(=O)CCc1ccc2c(c1)OCO2)c1nc2cc(Cl)ccc2s1. The maximum atomic E-state index is 12.7. The Labute approximate surface area is 160 Å². The molecule has 0 spiro atoms. The number of benzene rings is 2. The quantitative estimate of drug-likeness (QED) is 0.637. The summed E-state index contributed by atoms with van der Waals surface area (Å²) in [6.45, 7) is 2.79. The van der Waals surface area contributed by atoms with Crippen molar-refractivity contribution in [2.24, 2.45) is 0 Å². The van der Waals surface area contributed by atoms with Crippen LogP contribution in [0.15, 0.2) is 36.4 Å². The van der Waals surface area contributed by atoms with Gasteiger partial charge in [0.15, 0.2) is 16.6 Å². The van der Waals surface area contributed by atoms with E-state index < -0.39 is 0 Å². The molecular weight excluding hydrogens is 372 g/mol. The molecule has 1 amide bonds. The predicted molar refractivity (Wildman–Crippen MR) is 104 cm³/mol. The van der Waals surface area contributed by atoms with Crippen LogP contribution in [0.2, 0.25) is 5.02 Å². The fourth-order valence-electron chi connectivity index (χ4n) is 2.90. The molecule has 2 heterocycles. The molecule has 0 saturated heterocycles. The summed E-state index contributed by atoms with van der Waals surface area (Å²) < 4.78 is 11.7. The van der Waals surface area contributed by atoms with Gasteiger partial charge >= 0.3 is 0 Å². The number of aromatic nitrogens is 1. The largest absolute Gasteiger partial charge is 0.454 e. The van der Waals surface area contributed by atoms with E-state index in [9.17, 15) is 4.79 Å². The molecule has 4 rings (SSSR count). The Morgan fingerprint density at radius 3 is 2.92 bits per heavy atom. The minimum absolute atomic E-state index is 0.0512. The Hall–Kier alpha value is -2.31. The molecule has 1 aliphatic heterocycles. The van der Waals surface area contributed by atoms with E-state index in [1.165, 1.54) is 11.3 Å². The summed E-state index contributed by atoms with van der Waals surface area (Å²) in [6, 6.07) is 11.4. The van der Waals surface area contributed by atoms with Gasteiger partial charge in [-0.05, 0) is 49.2 Å². The summed E-state index contributed by atoms with van der Waals surface area (Å²) in [5, 5.41) is 1.35. The molecule has 26 heavy (non-hydrogen) atoms. The standard InChI is InChI=1S/C19H17ClN2O3S/c1-2-22(19-21-14-10-13(20)5-7-17(14)26-19)18(23)8-4-12-3-6-15-16(9-12)25-11-24-15/h3,5-7,9-10H,2,4,8,11H2,1H3. The van der Waals surface area contributed by atoms with Gasteiger partial charge in [0.1, 0.15) is 0 Å². The van der Waals surface area contributed by atoms with E-state index in [4.69, 9.17) is 21.1 Å². The highest BCUT2D eigenvalue weighted by Crippen LogP contribution is 2.33. The van der Waals surface area contributed by atoms with Crippen LogP contribution in [0.1, 0.15) is 18.9 Å². The maximum Gasteiger partial charge on any atom is 0.231 e. The van der Waals surface area contributed by atoms with E-state index in [0.29, 0.717) is 29.5 Å². The summed E-state index contributed by atoms with van der Waals surface area (Å²) in [5.74, 6) is 1.55. The molecule has 0 aliphatic carbocycles. The first-order chi connectivity index (χ1) is 12.6. The zero-order valence-electron chi connectivity index (χ0n) is 14.2. The van der Waals surface area contributed by atoms with Crippen LogP contribution in [0.25, 0.3) is 10.2 Å². The number of carbonyl (C=O) groups excluding carboxylic acids is 1. The van der Waals surface area contributed by atoms with Crippen molar-refractivity contribution in [3.8, 4) is 11.5 Å². The zero-order valence-corrected chi connectivity index (χ0v) is 15.8. The number of nitrogens with zero attached hydrogens (tertiary/aromatic N) is 2. The second-order valence-corrected chi connectivity index (χ2v) is 7.38. The van der Waals surface area contributed by atoms with E-state index in [0.717, 1.165) is 27.3 Å². The summed E-state index contributed by atoms with van der Waals surface area (Å²) in [5.41, 5.74) is 1.87. The van der Waals surface area contributed by atoms with Crippen molar-refractivity contribution < 1.29 is 14.3 Å². The molecule has 3 aromatic rings. The predicted octanol–water partition coefficient (Wildman–Crippen LogP) is 4.66. The third-order valence-electron chi connectivity index (χ3n) is 4.25. The highest BCUT2D eigenvalue weighted by Gasteiger charge is 2.19. The molecule has 1 aromatic heterocycles. The van der Waals surface area contributed by atoms with Crippen molar-refractivity contribution >= 4 is 44.2 Å². The van der Waals surface area contributed by atoms with Crippen LogP contribution in [-0.4, -0.2) is 24.2 Å². The molecule has 0 saturated carbocycles. The number of thiazole rings is 1. The molecule has 0 radical (unpaired) electrons. The van der Waals surface area contributed by atoms with E-state index in [1.807, 2.05) is 43.3 Å². The smallest absolute Gasteiger partial charge is 0.231 e. The number of halogens is 1. The summed E-state index contributed by atoms with van der Waals surface area (Å²) in [7, 11) is 0. The van der Waals surface area contributed by atoms with E-state index in [-0.39, 0.29) is 12.7 Å². The van der Waals surface area contributed by atoms with Gasteiger partial charge in [-0.3, -0.25) is 9.69 Å². The lowest BCUT2D eigenvalue weighted by atomic mass is 10.1. The summed E-state index contributed by atoms with van der Waals surface area (Å²) in [4.78, 5) is 19.0. The highest BCUT2D eigenvalue weighted by atomic mass is 35.5. The van der Waals surface area contributed by atoms with E-state index in [1.54, 1.807) is 4.90 Å². The maximum absolute atomic E-state index is 12.7. The van der Waals surface area contributed by atoms with Crippen molar-refractivity contribution in [3.05, 3.63) is 47.0 Å². The minimum Gasteiger partial charge on any atom is -0.454 e. The monoisotopic (exact) mass is 388 g/mol. The number of amides is 1. The normalized spacial score (nSPS) is 12.5. The van der Waals surface area contributed by atoms with Gasteiger partial charge in [-0.1, -0.05) is 29.0 Å². The summed E-state index contributed by atoms with van der Waals surface area (Å²) in [6.07, 6.45) is 1.05. The molecule has 0 fully saturated rings. The minimum atomic E-state index is 0.0512. The molecule has 0 atom stereocenters. The number of carbonyl (C=O) groups is 1. The van der Waals surface area contributed by atoms with Crippen LogP contribution >= 0.6 is 22.9 Å². The fraction of sp³-hybridized carbons (Fsp3) is 0.263. The molecule has 134 valence electrons. The van der Waals surface area contributed by atoms with Crippen molar-refractivity contribution in [1.29, 1.82) is 0 Å².